The van der Waals surface area contributed by atoms with Gasteiger partial charge in [-0.2, -0.15) is 0 Å². The van der Waals surface area contributed by atoms with Crippen LogP contribution >= 0.6 is 0 Å². The van der Waals surface area contributed by atoms with Gasteiger partial charge in [0.05, 0.1) is 18.8 Å². The molecule has 0 aliphatic heterocycles. The number of carbonyl (C=O) groups excluding carboxylic acids is 2. The summed E-state index contributed by atoms with van der Waals surface area (Å²) in [7, 11) is 1.32. The summed E-state index contributed by atoms with van der Waals surface area (Å²) in [6.45, 7) is 5.04. The second-order valence-corrected chi connectivity index (χ2v) is 4.93. The molecule has 0 saturated heterocycles. The zero-order valence-electron chi connectivity index (χ0n) is 13.3. The van der Waals surface area contributed by atoms with Gasteiger partial charge < -0.3 is 19.5 Å². The number of esters is 1. The lowest BCUT2D eigenvalue weighted by Crippen LogP contribution is -2.30. The molecule has 1 N–H and O–H groups in total. The van der Waals surface area contributed by atoms with E-state index in [2.05, 4.69) is 10.1 Å². The molecule has 1 aromatic rings. The normalized spacial score (nSPS) is 10.4. The minimum Gasteiger partial charge on any atom is -0.484 e. The standard InChI is InChI=1S/C16H23NO5/c1-12(2)21-10-4-9-17-15(18)11-22-14-7-5-13(6-8-14)16(19)20-3/h5-8,12H,4,9-11H2,1-3H3,(H,17,18). The molecule has 1 rings (SSSR count). The predicted octanol–water partition coefficient (Wildman–Crippen LogP) is 1.78. The van der Waals surface area contributed by atoms with E-state index >= 15 is 0 Å². The fraction of sp³-hybridized carbons (Fsp3) is 0.500. The van der Waals surface area contributed by atoms with Gasteiger partial charge in [-0.1, -0.05) is 0 Å². The Bertz CT molecular complexity index is 470. The molecule has 0 radical (unpaired) electrons. The summed E-state index contributed by atoms with van der Waals surface area (Å²) in [5.74, 6) is -0.0829. The monoisotopic (exact) mass is 309 g/mol. The molecule has 6 nitrogen and oxygen atoms in total. The quantitative estimate of drug-likeness (QED) is 0.556. The van der Waals surface area contributed by atoms with Crippen molar-refractivity contribution >= 4 is 11.9 Å². The highest BCUT2D eigenvalue weighted by Gasteiger charge is 2.06. The number of carbonyl (C=O) groups is 2. The van der Waals surface area contributed by atoms with Gasteiger partial charge in [0.2, 0.25) is 0 Å². The molecular formula is C16H23NO5. The maximum Gasteiger partial charge on any atom is 0.337 e. The number of hydrogen-bond acceptors (Lipinski definition) is 5. The number of hydrogen-bond donors (Lipinski definition) is 1. The van der Waals surface area contributed by atoms with E-state index in [1.54, 1.807) is 24.3 Å². The Morgan fingerprint density at radius 3 is 2.45 bits per heavy atom. The number of benzene rings is 1. The van der Waals surface area contributed by atoms with Gasteiger partial charge in [0.1, 0.15) is 5.75 Å². The molecule has 1 amide bonds. The van der Waals surface area contributed by atoms with Gasteiger partial charge in [-0.05, 0) is 44.5 Å². The van der Waals surface area contributed by atoms with Gasteiger partial charge in [-0.15, -0.1) is 0 Å². The topological polar surface area (TPSA) is 73.9 Å². The van der Waals surface area contributed by atoms with Crippen molar-refractivity contribution in [2.45, 2.75) is 26.4 Å². The number of ether oxygens (including phenoxy) is 3. The third-order valence-electron chi connectivity index (χ3n) is 2.74. The summed E-state index contributed by atoms with van der Waals surface area (Å²) in [6, 6.07) is 6.41. The van der Waals surface area contributed by atoms with Crippen molar-refractivity contribution in [3.63, 3.8) is 0 Å². The smallest absolute Gasteiger partial charge is 0.337 e. The Hall–Kier alpha value is -2.08. The number of amides is 1. The first-order valence-corrected chi connectivity index (χ1v) is 7.22. The molecule has 1 aromatic carbocycles. The van der Waals surface area contributed by atoms with Crippen molar-refractivity contribution in [1.82, 2.24) is 5.32 Å². The Balaban J connectivity index is 2.22. The molecule has 0 atom stereocenters. The maximum absolute atomic E-state index is 11.6. The molecule has 0 spiro atoms. The first-order valence-electron chi connectivity index (χ1n) is 7.22. The largest absolute Gasteiger partial charge is 0.484 e. The van der Waals surface area contributed by atoms with E-state index in [1.807, 2.05) is 13.8 Å². The lowest BCUT2D eigenvalue weighted by atomic mass is 10.2. The molecule has 22 heavy (non-hydrogen) atoms. The summed E-state index contributed by atoms with van der Waals surface area (Å²) in [6.07, 6.45) is 0.963. The summed E-state index contributed by atoms with van der Waals surface area (Å²) >= 11 is 0. The lowest BCUT2D eigenvalue weighted by molar-refractivity contribution is -0.123. The minimum absolute atomic E-state index is 0.0669. The SMILES string of the molecule is COC(=O)c1ccc(OCC(=O)NCCCOC(C)C)cc1. The van der Waals surface area contributed by atoms with Gasteiger partial charge in [0.15, 0.2) is 6.61 Å². The van der Waals surface area contributed by atoms with Crippen LogP contribution in [0.4, 0.5) is 0 Å². The van der Waals surface area contributed by atoms with Crippen LogP contribution in [0.1, 0.15) is 30.6 Å². The van der Waals surface area contributed by atoms with E-state index in [-0.39, 0.29) is 18.6 Å². The van der Waals surface area contributed by atoms with Crippen molar-refractivity contribution < 1.29 is 23.8 Å². The fourth-order valence-electron chi connectivity index (χ4n) is 1.62. The van der Waals surface area contributed by atoms with Crippen LogP contribution in [0.25, 0.3) is 0 Å². The number of nitrogens with one attached hydrogen (secondary N) is 1. The highest BCUT2D eigenvalue weighted by atomic mass is 16.5. The first kappa shape index (κ1) is 18.0. The zero-order chi connectivity index (χ0) is 16.4. The zero-order valence-corrected chi connectivity index (χ0v) is 13.3. The molecule has 0 aromatic heterocycles. The molecule has 0 bridgehead atoms. The van der Waals surface area contributed by atoms with Gasteiger partial charge in [-0.25, -0.2) is 4.79 Å². The van der Waals surface area contributed by atoms with Crippen LogP contribution in [0.3, 0.4) is 0 Å². The molecule has 0 unspecified atom stereocenters. The Kier molecular flexibility index (Phi) is 7.99. The summed E-state index contributed by atoms with van der Waals surface area (Å²) in [4.78, 5) is 22.9. The predicted molar refractivity (Wildman–Crippen MR) is 82.0 cm³/mol. The Labute approximate surface area is 130 Å². The van der Waals surface area contributed by atoms with E-state index in [4.69, 9.17) is 9.47 Å². The molecule has 0 aliphatic carbocycles. The lowest BCUT2D eigenvalue weighted by Gasteiger charge is -2.09. The molecule has 0 heterocycles. The molecule has 0 saturated carbocycles. The minimum atomic E-state index is -0.409. The maximum atomic E-state index is 11.6. The molecular weight excluding hydrogens is 286 g/mol. The van der Waals surface area contributed by atoms with E-state index in [0.717, 1.165) is 6.42 Å². The number of rotatable bonds is 9. The van der Waals surface area contributed by atoms with E-state index in [1.165, 1.54) is 7.11 Å². The molecule has 0 fully saturated rings. The van der Waals surface area contributed by atoms with E-state index in [0.29, 0.717) is 24.5 Å². The van der Waals surface area contributed by atoms with Crippen molar-refractivity contribution in [3.05, 3.63) is 29.8 Å². The van der Waals surface area contributed by atoms with Crippen LogP contribution in [0, 0.1) is 0 Å². The summed E-state index contributed by atoms with van der Waals surface area (Å²) in [5.41, 5.74) is 0.435. The van der Waals surface area contributed by atoms with Crippen LogP contribution in [0.5, 0.6) is 5.75 Å². The van der Waals surface area contributed by atoms with Crippen LogP contribution in [-0.2, 0) is 14.3 Å². The van der Waals surface area contributed by atoms with Gasteiger partial charge in [0.25, 0.3) is 5.91 Å². The molecule has 122 valence electrons. The van der Waals surface area contributed by atoms with Crippen molar-refractivity contribution in [3.8, 4) is 5.75 Å². The third kappa shape index (κ3) is 7.08. The van der Waals surface area contributed by atoms with Gasteiger partial charge in [-0.3, -0.25) is 4.79 Å². The average molecular weight is 309 g/mol. The molecule has 0 aliphatic rings. The highest BCUT2D eigenvalue weighted by Crippen LogP contribution is 2.12. The second kappa shape index (κ2) is 9.78. The Morgan fingerprint density at radius 2 is 1.86 bits per heavy atom. The van der Waals surface area contributed by atoms with Crippen LogP contribution in [-0.4, -0.2) is 44.8 Å². The van der Waals surface area contributed by atoms with Crippen LogP contribution < -0.4 is 10.1 Å². The van der Waals surface area contributed by atoms with Crippen LogP contribution in [0.15, 0.2) is 24.3 Å². The van der Waals surface area contributed by atoms with Crippen molar-refractivity contribution in [1.29, 1.82) is 0 Å². The average Bonchev–Trinajstić information content (AvgIpc) is 2.52. The third-order valence-corrected chi connectivity index (χ3v) is 2.74. The van der Waals surface area contributed by atoms with Gasteiger partial charge in [0, 0.05) is 13.2 Å². The second-order valence-electron chi connectivity index (χ2n) is 4.93. The fourth-order valence-corrected chi connectivity index (χ4v) is 1.62. The van der Waals surface area contributed by atoms with Crippen molar-refractivity contribution in [2.75, 3.05) is 26.9 Å². The number of methoxy groups -OCH3 is 1. The van der Waals surface area contributed by atoms with E-state index in [9.17, 15) is 9.59 Å². The first-order chi connectivity index (χ1) is 10.5. The van der Waals surface area contributed by atoms with Crippen molar-refractivity contribution in [2.24, 2.45) is 0 Å². The summed E-state index contributed by atoms with van der Waals surface area (Å²) < 4.78 is 15.3. The summed E-state index contributed by atoms with van der Waals surface area (Å²) in [5, 5.41) is 2.75. The Morgan fingerprint density at radius 1 is 1.18 bits per heavy atom. The van der Waals surface area contributed by atoms with E-state index < -0.39 is 5.97 Å². The molecule has 6 heteroatoms. The van der Waals surface area contributed by atoms with Gasteiger partial charge >= 0.3 is 5.97 Å². The highest BCUT2D eigenvalue weighted by molar-refractivity contribution is 5.89. The van der Waals surface area contributed by atoms with Crippen LogP contribution in [0.2, 0.25) is 0 Å².